The number of hydrogen-bond acceptors (Lipinski definition) is 4. The fraction of sp³-hybridized carbons (Fsp3) is 0.938. The standard InChI is InChI=1S/C16H30N2O3/c1-13-10-18(11-14(2)21-13)16(20)12-17(8-9-19)15-6-4-3-5-7-15/h13-15,19H,3-12H2,1-2H3. The molecule has 122 valence electrons. The fourth-order valence-electron chi connectivity index (χ4n) is 3.62. The topological polar surface area (TPSA) is 53.0 Å². The zero-order chi connectivity index (χ0) is 15.2. The lowest BCUT2D eigenvalue weighted by Gasteiger charge is -2.38. The van der Waals surface area contributed by atoms with E-state index in [0.717, 1.165) is 12.8 Å². The van der Waals surface area contributed by atoms with E-state index in [4.69, 9.17) is 4.74 Å². The predicted molar refractivity (Wildman–Crippen MR) is 82.1 cm³/mol. The highest BCUT2D eigenvalue weighted by atomic mass is 16.5. The van der Waals surface area contributed by atoms with Crippen LogP contribution in [0.4, 0.5) is 0 Å². The first kappa shape index (κ1) is 16.7. The number of amides is 1. The van der Waals surface area contributed by atoms with Gasteiger partial charge in [0.15, 0.2) is 0 Å². The molecule has 1 N–H and O–H groups in total. The molecule has 0 radical (unpaired) electrons. The molecule has 2 rings (SSSR count). The summed E-state index contributed by atoms with van der Waals surface area (Å²) in [5, 5.41) is 9.29. The molecule has 1 aliphatic heterocycles. The Morgan fingerprint density at radius 1 is 1.19 bits per heavy atom. The van der Waals surface area contributed by atoms with Crippen molar-refractivity contribution in [2.24, 2.45) is 0 Å². The predicted octanol–water partition coefficient (Wildman–Crippen LogP) is 1.25. The minimum Gasteiger partial charge on any atom is -0.395 e. The van der Waals surface area contributed by atoms with Gasteiger partial charge in [-0.05, 0) is 26.7 Å². The lowest BCUT2D eigenvalue weighted by Crippen LogP contribution is -2.52. The number of carbonyl (C=O) groups is 1. The van der Waals surface area contributed by atoms with E-state index >= 15 is 0 Å². The van der Waals surface area contributed by atoms with Crippen molar-refractivity contribution in [3.63, 3.8) is 0 Å². The van der Waals surface area contributed by atoms with E-state index in [1.807, 2.05) is 18.7 Å². The molecule has 5 heteroatoms. The Morgan fingerprint density at radius 3 is 2.38 bits per heavy atom. The molecule has 1 amide bonds. The molecule has 2 unspecified atom stereocenters. The van der Waals surface area contributed by atoms with Crippen molar-refractivity contribution in [1.29, 1.82) is 0 Å². The van der Waals surface area contributed by atoms with Crippen LogP contribution in [0.15, 0.2) is 0 Å². The van der Waals surface area contributed by atoms with E-state index in [1.165, 1.54) is 19.3 Å². The van der Waals surface area contributed by atoms with Gasteiger partial charge in [0.1, 0.15) is 0 Å². The normalized spacial score (nSPS) is 28.1. The Hall–Kier alpha value is -0.650. The highest BCUT2D eigenvalue weighted by molar-refractivity contribution is 5.78. The van der Waals surface area contributed by atoms with Crippen LogP contribution >= 0.6 is 0 Å². The van der Waals surface area contributed by atoms with E-state index < -0.39 is 0 Å². The number of nitrogens with zero attached hydrogens (tertiary/aromatic N) is 2. The lowest BCUT2D eigenvalue weighted by molar-refractivity contribution is -0.145. The number of hydrogen-bond donors (Lipinski definition) is 1. The average Bonchev–Trinajstić information content (AvgIpc) is 2.46. The number of ether oxygens (including phenoxy) is 1. The minimum atomic E-state index is 0.110. The molecule has 2 fully saturated rings. The van der Waals surface area contributed by atoms with Crippen molar-refractivity contribution in [2.75, 3.05) is 32.8 Å². The summed E-state index contributed by atoms with van der Waals surface area (Å²) in [5.41, 5.74) is 0. The molecule has 2 atom stereocenters. The van der Waals surface area contributed by atoms with E-state index in [0.29, 0.717) is 32.2 Å². The van der Waals surface area contributed by atoms with Crippen LogP contribution in [0, 0.1) is 0 Å². The molecule has 21 heavy (non-hydrogen) atoms. The summed E-state index contributed by atoms with van der Waals surface area (Å²) in [6.45, 7) is 6.56. The smallest absolute Gasteiger partial charge is 0.236 e. The second-order valence-corrected chi connectivity index (χ2v) is 6.54. The molecule has 1 saturated carbocycles. The van der Waals surface area contributed by atoms with Gasteiger partial charge in [0, 0.05) is 25.7 Å². The number of morpholine rings is 1. The maximum Gasteiger partial charge on any atom is 0.236 e. The summed E-state index contributed by atoms with van der Waals surface area (Å²) in [6, 6.07) is 0.464. The molecule has 0 aromatic carbocycles. The summed E-state index contributed by atoms with van der Waals surface area (Å²) in [6.07, 6.45) is 6.32. The number of carbonyl (C=O) groups excluding carboxylic acids is 1. The molecule has 1 aliphatic carbocycles. The Labute approximate surface area is 128 Å². The summed E-state index contributed by atoms with van der Waals surface area (Å²) in [7, 11) is 0. The summed E-state index contributed by atoms with van der Waals surface area (Å²) in [4.78, 5) is 16.7. The Kier molecular flexibility index (Phi) is 6.45. The fourth-order valence-corrected chi connectivity index (χ4v) is 3.62. The zero-order valence-electron chi connectivity index (χ0n) is 13.5. The van der Waals surface area contributed by atoms with Gasteiger partial charge in [0.2, 0.25) is 5.91 Å². The third-order valence-electron chi connectivity index (χ3n) is 4.59. The largest absolute Gasteiger partial charge is 0.395 e. The van der Waals surface area contributed by atoms with Crippen LogP contribution in [0.3, 0.4) is 0 Å². The molecule has 1 saturated heterocycles. The number of aliphatic hydroxyl groups is 1. The second kappa shape index (κ2) is 8.11. The van der Waals surface area contributed by atoms with Crippen LogP contribution in [-0.2, 0) is 9.53 Å². The maximum atomic E-state index is 12.6. The van der Waals surface area contributed by atoms with Crippen LogP contribution in [0.25, 0.3) is 0 Å². The Morgan fingerprint density at radius 2 is 1.81 bits per heavy atom. The van der Waals surface area contributed by atoms with E-state index in [2.05, 4.69) is 4.90 Å². The van der Waals surface area contributed by atoms with E-state index in [-0.39, 0.29) is 24.7 Å². The van der Waals surface area contributed by atoms with Gasteiger partial charge in [0.25, 0.3) is 0 Å². The highest BCUT2D eigenvalue weighted by Gasteiger charge is 2.29. The zero-order valence-corrected chi connectivity index (χ0v) is 13.5. The third kappa shape index (κ3) is 4.94. The molecule has 5 nitrogen and oxygen atoms in total. The Balaban J connectivity index is 1.90. The van der Waals surface area contributed by atoms with Crippen molar-refractivity contribution in [1.82, 2.24) is 9.80 Å². The second-order valence-electron chi connectivity index (χ2n) is 6.54. The van der Waals surface area contributed by atoms with E-state index in [1.54, 1.807) is 0 Å². The van der Waals surface area contributed by atoms with Crippen LogP contribution in [-0.4, -0.2) is 71.8 Å². The summed E-state index contributed by atoms with van der Waals surface area (Å²) < 4.78 is 5.69. The van der Waals surface area contributed by atoms with Gasteiger partial charge in [-0.15, -0.1) is 0 Å². The van der Waals surface area contributed by atoms with Gasteiger partial charge in [-0.25, -0.2) is 0 Å². The SMILES string of the molecule is CC1CN(C(=O)CN(CCO)C2CCCCC2)CC(C)O1. The monoisotopic (exact) mass is 298 g/mol. The van der Waals surface area contributed by atoms with Crippen molar-refractivity contribution < 1.29 is 14.6 Å². The van der Waals surface area contributed by atoms with Crippen molar-refractivity contribution in [3.8, 4) is 0 Å². The first-order valence-corrected chi connectivity index (χ1v) is 8.38. The van der Waals surface area contributed by atoms with Crippen LogP contribution in [0.1, 0.15) is 46.0 Å². The molecule has 0 spiro atoms. The van der Waals surface area contributed by atoms with Gasteiger partial charge in [-0.1, -0.05) is 19.3 Å². The molecule has 0 aromatic heterocycles. The summed E-state index contributed by atoms with van der Waals surface area (Å²) in [5.74, 6) is 0.177. The van der Waals surface area contributed by atoms with Gasteiger partial charge >= 0.3 is 0 Å². The van der Waals surface area contributed by atoms with Crippen molar-refractivity contribution >= 4 is 5.91 Å². The van der Waals surface area contributed by atoms with E-state index in [9.17, 15) is 9.90 Å². The van der Waals surface area contributed by atoms with Crippen LogP contribution in [0.2, 0.25) is 0 Å². The summed E-state index contributed by atoms with van der Waals surface area (Å²) >= 11 is 0. The Bertz CT molecular complexity index is 321. The molecular formula is C16H30N2O3. The van der Waals surface area contributed by atoms with Crippen molar-refractivity contribution in [2.45, 2.75) is 64.2 Å². The molecule has 0 aromatic rings. The minimum absolute atomic E-state index is 0.110. The quantitative estimate of drug-likeness (QED) is 0.830. The van der Waals surface area contributed by atoms with Gasteiger partial charge in [0.05, 0.1) is 25.4 Å². The first-order valence-electron chi connectivity index (χ1n) is 8.38. The number of rotatable bonds is 5. The van der Waals surface area contributed by atoms with Gasteiger partial charge < -0.3 is 14.7 Å². The van der Waals surface area contributed by atoms with Gasteiger partial charge in [-0.2, -0.15) is 0 Å². The molecule has 0 bridgehead atoms. The maximum absolute atomic E-state index is 12.6. The number of aliphatic hydroxyl groups excluding tert-OH is 1. The average molecular weight is 298 g/mol. The molecule has 1 heterocycles. The third-order valence-corrected chi connectivity index (χ3v) is 4.59. The van der Waals surface area contributed by atoms with Crippen LogP contribution < -0.4 is 0 Å². The highest BCUT2D eigenvalue weighted by Crippen LogP contribution is 2.22. The molecule has 2 aliphatic rings. The van der Waals surface area contributed by atoms with Crippen LogP contribution in [0.5, 0.6) is 0 Å². The van der Waals surface area contributed by atoms with Gasteiger partial charge in [-0.3, -0.25) is 9.69 Å². The first-order chi connectivity index (χ1) is 10.1. The molecular weight excluding hydrogens is 268 g/mol. The lowest BCUT2D eigenvalue weighted by atomic mass is 9.94. The van der Waals surface area contributed by atoms with Crippen molar-refractivity contribution in [3.05, 3.63) is 0 Å².